The topological polar surface area (TPSA) is 61.2 Å². The summed E-state index contributed by atoms with van der Waals surface area (Å²) in [6.07, 6.45) is 3.36. The van der Waals surface area contributed by atoms with E-state index in [-0.39, 0.29) is 18.3 Å². The van der Waals surface area contributed by atoms with Gasteiger partial charge in [0, 0.05) is 6.04 Å². The van der Waals surface area contributed by atoms with Gasteiger partial charge in [-0.2, -0.15) is 9.57 Å². The molecule has 0 atom stereocenters. The predicted molar refractivity (Wildman–Crippen MR) is 54.0 cm³/mol. The molecular formula is C9H16N2O2S. The van der Waals surface area contributed by atoms with E-state index in [9.17, 15) is 8.42 Å². The number of nitriles is 1. The third-order valence-electron chi connectivity index (χ3n) is 2.29. The van der Waals surface area contributed by atoms with Gasteiger partial charge in [-0.05, 0) is 19.3 Å². The van der Waals surface area contributed by atoms with Gasteiger partial charge in [-0.1, -0.05) is 13.3 Å². The molecule has 1 aliphatic rings. The normalized spacial score (nSPS) is 16.9. The fourth-order valence-corrected chi connectivity index (χ4v) is 3.14. The summed E-state index contributed by atoms with van der Waals surface area (Å²) in [7, 11) is -3.17. The maximum absolute atomic E-state index is 11.7. The summed E-state index contributed by atoms with van der Waals surface area (Å²) in [5.41, 5.74) is 0. The zero-order valence-corrected chi connectivity index (χ0v) is 9.26. The lowest BCUT2D eigenvalue weighted by atomic mass is 10.4. The van der Waals surface area contributed by atoms with Crippen LogP contribution in [-0.2, 0) is 10.0 Å². The second-order valence-corrected chi connectivity index (χ2v) is 5.65. The maximum atomic E-state index is 11.7. The van der Waals surface area contributed by atoms with Crippen molar-refractivity contribution < 1.29 is 8.42 Å². The van der Waals surface area contributed by atoms with Gasteiger partial charge in [0.1, 0.15) is 6.54 Å². The molecule has 0 aromatic rings. The number of unbranched alkanes of at least 4 members (excludes halogenated alkanes) is 1. The van der Waals surface area contributed by atoms with Crippen LogP contribution in [0.1, 0.15) is 32.6 Å². The van der Waals surface area contributed by atoms with Gasteiger partial charge in [-0.25, -0.2) is 8.42 Å². The van der Waals surface area contributed by atoms with Gasteiger partial charge in [0.05, 0.1) is 11.8 Å². The molecule has 1 rings (SSSR count). The summed E-state index contributed by atoms with van der Waals surface area (Å²) >= 11 is 0. The van der Waals surface area contributed by atoms with E-state index in [0.717, 1.165) is 19.3 Å². The van der Waals surface area contributed by atoms with Crippen LogP contribution in [0.5, 0.6) is 0 Å². The lowest BCUT2D eigenvalue weighted by Gasteiger charge is -2.18. The third-order valence-corrected chi connectivity index (χ3v) is 4.24. The molecule has 4 nitrogen and oxygen atoms in total. The van der Waals surface area contributed by atoms with E-state index in [1.54, 1.807) is 0 Å². The summed E-state index contributed by atoms with van der Waals surface area (Å²) in [5.74, 6) is 0.182. The van der Waals surface area contributed by atoms with Crippen LogP contribution in [0.15, 0.2) is 0 Å². The van der Waals surface area contributed by atoms with Crippen molar-refractivity contribution in [2.45, 2.75) is 38.6 Å². The van der Waals surface area contributed by atoms with E-state index < -0.39 is 10.0 Å². The van der Waals surface area contributed by atoms with Crippen LogP contribution < -0.4 is 0 Å². The van der Waals surface area contributed by atoms with Crippen molar-refractivity contribution in [2.24, 2.45) is 0 Å². The molecule has 0 radical (unpaired) electrons. The van der Waals surface area contributed by atoms with Crippen molar-refractivity contribution in [2.75, 3.05) is 12.3 Å². The summed E-state index contributed by atoms with van der Waals surface area (Å²) in [5, 5.41) is 8.55. The molecule has 1 aliphatic carbocycles. The number of nitrogens with zero attached hydrogens (tertiary/aromatic N) is 2. The molecule has 0 aliphatic heterocycles. The Morgan fingerprint density at radius 3 is 2.57 bits per heavy atom. The average Bonchev–Trinajstić information content (AvgIpc) is 2.94. The number of rotatable bonds is 6. The Hall–Kier alpha value is -0.600. The highest BCUT2D eigenvalue weighted by Crippen LogP contribution is 2.29. The molecule has 0 spiro atoms. The van der Waals surface area contributed by atoms with Gasteiger partial charge in [0.2, 0.25) is 10.0 Å². The molecule has 5 heteroatoms. The molecule has 0 N–H and O–H groups in total. The second kappa shape index (κ2) is 4.76. The van der Waals surface area contributed by atoms with E-state index in [4.69, 9.17) is 5.26 Å². The van der Waals surface area contributed by atoms with Gasteiger partial charge in [0.15, 0.2) is 0 Å². The van der Waals surface area contributed by atoms with Crippen molar-refractivity contribution in [3.05, 3.63) is 0 Å². The smallest absolute Gasteiger partial charge is 0.212 e. The minimum Gasteiger partial charge on any atom is -0.212 e. The molecule has 0 aromatic carbocycles. The van der Waals surface area contributed by atoms with Crippen LogP contribution in [-0.4, -0.2) is 31.1 Å². The third kappa shape index (κ3) is 2.96. The first-order chi connectivity index (χ1) is 6.61. The van der Waals surface area contributed by atoms with Crippen molar-refractivity contribution in [1.82, 2.24) is 4.31 Å². The van der Waals surface area contributed by atoms with Crippen LogP contribution in [0.4, 0.5) is 0 Å². The zero-order chi connectivity index (χ0) is 10.6. The Balaban J connectivity index is 2.61. The standard InChI is InChI=1S/C9H16N2O2S/c1-2-3-8-14(12,13)11(7-6-10)9-4-5-9/h9H,2-5,7-8H2,1H3. The van der Waals surface area contributed by atoms with Gasteiger partial charge >= 0.3 is 0 Å². The van der Waals surface area contributed by atoms with Crippen molar-refractivity contribution in [3.8, 4) is 6.07 Å². The van der Waals surface area contributed by atoms with E-state index >= 15 is 0 Å². The van der Waals surface area contributed by atoms with Crippen LogP contribution in [0.2, 0.25) is 0 Å². The van der Waals surface area contributed by atoms with Gasteiger partial charge in [-0.3, -0.25) is 0 Å². The number of hydrogen-bond acceptors (Lipinski definition) is 3. The SMILES string of the molecule is CCCCS(=O)(=O)N(CC#N)C1CC1. The summed E-state index contributed by atoms with van der Waals surface area (Å²) in [6, 6.07) is 2.03. The number of sulfonamides is 1. The fourth-order valence-electron chi connectivity index (χ4n) is 1.33. The summed E-state index contributed by atoms with van der Waals surface area (Å²) < 4.78 is 24.8. The molecule has 80 valence electrons. The first-order valence-electron chi connectivity index (χ1n) is 4.98. The van der Waals surface area contributed by atoms with Gasteiger partial charge < -0.3 is 0 Å². The van der Waals surface area contributed by atoms with E-state index in [2.05, 4.69) is 0 Å². The van der Waals surface area contributed by atoms with Crippen molar-refractivity contribution in [1.29, 1.82) is 5.26 Å². The molecule has 0 amide bonds. The Bertz CT molecular complexity index is 314. The van der Waals surface area contributed by atoms with Crippen LogP contribution >= 0.6 is 0 Å². The Morgan fingerprint density at radius 2 is 2.14 bits per heavy atom. The molecule has 0 saturated heterocycles. The second-order valence-electron chi connectivity index (χ2n) is 3.60. The fraction of sp³-hybridized carbons (Fsp3) is 0.889. The molecule has 0 heterocycles. The molecule has 0 bridgehead atoms. The van der Waals surface area contributed by atoms with E-state index in [1.807, 2.05) is 13.0 Å². The predicted octanol–water partition coefficient (Wildman–Crippen LogP) is 1.10. The van der Waals surface area contributed by atoms with Gasteiger partial charge in [0.25, 0.3) is 0 Å². The van der Waals surface area contributed by atoms with Gasteiger partial charge in [-0.15, -0.1) is 0 Å². The molecular weight excluding hydrogens is 200 g/mol. The molecule has 1 saturated carbocycles. The summed E-state index contributed by atoms with van der Waals surface area (Å²) in [6.45, 7) is 1.97. The van der Waals surface area contributed by atoms with Crippen LogP contribution in [0.3, 0.4) is 0 Å². The first kappa shape index (κ1) is 11.5. The Kier molecular flexibility index (Phi) is 3.90. The monoisotopic (exact) mass is 216 g/mol. The largest absolute Gasteiger partial charge is 0.215 e. The van der Waals surface area contributed by atoms with Crippen molar-refractivity contribution >= 4 is 10.0 Å². The lowest BCUT2D eigenvalue weighted by Crippen LogP contribution is -2.35. The quantitative estimate of drug-likeness (QED) is 0.625. The van der Waals surface area contributed by atoms with Crippen molar-refractivity contribution in [3.63, 3.8) is 0 Å². The van der Waals surface area contributed by atoms with Crippen LogP contribution in [0, 0.1) is 11.3 Å². The first-order valence-corrected chi connectivity index (χ1v) is 6.59. The molecule has 14 heavy (non-hydrogen) atoms. The van der Waals surface area contributed by atoms with E-state index in [0.29, 0.717) is 6.42 Å². The molecule has 0 unspecified atom stereocenters. The summed E-state index contributed by atoms with van der Waals surface area (Å²) in [4.78, 5) is 0. The highest BCUT2D eigenvalue weighted by molar-refractivity contribution is 7.89. The molecule has 0 aromatic heterocycles. The minimum atomic E-state index is -3.17. The Morgan fingerprint density at radius 1 is 1.50 bits per heavy atom. The number of hydrogen-bond donors (Lipinski definition) is 0. The van der Waals surface area contributed by atoms with Crippen LogP contribution in [0.25, 0.3) is 0 Å². The molecule has 1 fully saturated rings. The highest BCUT2D eigenvalue weighted by atomic mass is 32.2. The average molecular weight is 216 g/mol. The highest BCUT2D eigenvalue weighted by Gasteiger charge is 2.36. The van der Waals surface area contributed by atoms with E-state index in [1.165, 1.54) is 4.31 Å². The lowest BCUT2D eigenvalue weighted by molar-refractivity contribution is 0.437. The maximum Gasteiger partial charge on any atom is 0.215 e. The Labute approximate surface area is 85.6 Å². The minimum absolute atomic E-state index is 0.0106. The zero-order valence-electron chi connectivity index (χ0n) is 8.44.